The zero-order valence-corrected chi connectivity index (χ0v) is 30.4. The minimum Gasteiger partial charge on any atom is -0.490 e. The van der Waals surface area contributed by atoms with E-state index in [0.29, 0.717) is 23.1 Å². The number of carbonyl (C=O) groups is 2. The zero-order chi connectivity index (χ0) is 35.6. The molecule has 0 aliphatic heterocycles. The molecule has 0 atom stereocenters. The van der Waals surface area contributed by atoms with Crippen LogP contribution in [0.15, 0.2) is 95.6 Å². The molecule has 0 aliphatic rings. The van der Waals surface area contributed by atoms with Crippen LogP contribution in [0.2, 0.25) is 5.02 Å². The van der Waals surface area contributed by atoms with Gasteiger partial charge in [-0.1, -0.05) is 58.7 Å². The van der Waals surface area contributed by atoms with Crippen molar-refractivity contribution in [2.24, 2.45) is 0 Å². The summed E-state index contributed by atoms with van der Waals surface area (Å²) in [5, 5.41) is 0.624. The smallest absolute Gasteiger partial charge is 0.342 e. The summed E-state index contributed by atoms with van der Waals surface area (Å²) in [5.74, 6) is 0.561. The fourth-order valence-electron chi connectivity index (χ4n) is 5.02. The van der Waals surface area contributed by atoms with Crippen LogP contribution >= 0.6 is 11.6 Å². The highest BCUT2D eigenvalue weighted by Gasteiger charge is 2.27. The minimum atomic E-state index is -0.710. The van der Waals surface area contributed by atoms with E-state index in [1.807, 2.05) is 42.5 Å². The van der Waals surface area contributed by atoms with Crippen molar-refractivity contribution in [2.75, 3.05) is 27.4 Å². The van der Waals surface area contributed by atoms with E-state index in [1.165, 1.54) is 37.0 Å². The van der Waals surface area contributed by atoms with Crippen LogP contribution in [0.5, 0.6) is 23.0 Å². The Morgan fingerprint density at radius 3 is 2.10 bits per heavy atom. The molecule has 3 rings (SSSR count). The Balaban J connectivity index is 1.61. The van der Waals surface area contributed by atoms with E-state index in [0.717, 1.165) is 56.3 Å². The fraction of sp³-hybridized carbons (Fsp3) is 0.366. The second kappa shape index (κ2) is 20.8. The average Bonchev–Trinajstić information content (AvgIpc) is 3.08. The molecule has 0 fully saturated rings. The van der Waals surface area contributed by atoms with Crippen LogP contribution < -0.4 is 14.2 Å². The number of methoxy groups -OCH3 is 2. The van der Waals surface area contributed by atoms with Crippen LogP contribution in [0.1, 0.15) is 92.5 Å². The first kappa shape index (κ1) is 39.0. The third-order valence-electron chi connectivity index (χ3n) is 7.77. The standard InChI is InChI=1S/C41H49ClO7/c1-29(2)12-9-13-30(3)14-10-15-31(4)25-27-48-39-37(24-23-36(40(43)45-5)38(39)41(44)46-6)47-26-8-7-16-32-19-21-34(22-20-32)49-35-18-11-17-33(42)28-35/h11-12,14,17-25,28H,7-10,13,15-16,26-27H2,1-6H3. The number of benzene rings is 3. The monoisotopic (exact) mass is 688 g/mol. The summed E-state index contributed by atoms with van der Waals surface area (Å²) in [5.41, 5.74) is 5.08. The third-order valence-corrected chi connectivity index (χ3v) is 8.01. The molecule has 0 radical (unpaired) electrons. The molecule has 0 aromatic heterocycles. The number of esters is 2. The van der Waals surface area contributed by atoms with Gasteiger partial charge in [-0.2, -0.15) is 0 Å². The lowest BCUT2D eigenvalue weighted by molar-refractivity contribution is 0.0550. The lowest BCUT2D eigenvalue weighted by Gasteiger charge is -2.17. The van der Waals surface area contributed by atoms with E-state index in [1.54, 1.807) is 18.2 Å². The van der Waals surface area contributed by atoms with E-state index >= 15 is 0 Å². The van der Waals surface area contributed by atoms with Gasteiger partial charge in [0.25, 0.3) is 0 Å². The Bertz CT molecular complexity index is 1620. The highest BCUT2D eigenvalue weighted by atomic mass is 35.5. The van der Waals surface area contributed by atoms with Gasteiger partial charge in [-0.15, -0.1) is 0 Å². The van der Waals surface area contributed by atoms with E-state index in [-0.39, 0.29) is 23.5 Å². The van der Waals surface area contributed by atoms with Crippen LogP contribution in [0.25, 0.3) is 0 Å². The molecule has 0 unspecified atom stereocenters. The Kier molecular flexibility index (Phi) is 16.5. The molecular formula is C41H49ClO7. The topological polar surface area (TPSA) is 80.3 Å². The minimum absolute atomic E-state index is 0.0205. The van der Waals surface area contributed by atoms with Gasteiger partial charge >= 0.3 is 11.9 Å². The number of halogens is 1. The molecule has 0 saturated carbocycles. The zero-order valence-electron chi connectivity index (χ0n) is 29.6. The summed E-state index contributed by atoms with van der Waals surface area (Å²) in [6.45, 7) is 9.04. The van der Waals surface area contributed by atoms with Gasteiger partial charge in [0, 0.05) is 5.02 Å². The first-order valence-corrected chi connectivity index (χ1v) is 17.0. The fourth-order valence-corrected chi connectivity index (χ4v) is 5.20. The van der Waals surface area contributed by atoms with Crippen molar-refractivity contribution in [1.29, 1.82) is 0 Å². The lowest BCUT2D eigenvalue weighted by atomic mass is 10.1. The molecule has 0 amide bonds. The predicted octanol–water partition coefficient (Wildman–Crippen LogP) is 10.9. The summed E-state index contributed by atoms with van der Waals surface area (Å²) in [6, 6.07) is 18.4. The SMILES string of the molecule is COC(=O)c1ccc(OCCCCc2ccc(Oc3cccc(Cl)c3)cc2)c(OCC=C(C)CCC=C(C)CCC=C(C)C)c1C(=O)OC. The van der Waals surface area contributed by atoms with Crippen LogP contribution in [0, 0.1) is 0 Å². The largest absolute Gasteiger partial charge is 0.490 e. The third kappa shape index (κ3) is 13.5. The van der Waals surface area contributed by atoms with Crippen molar-refractivity contribution < 1.29 is 33.3 Å². The molecule has 0 aliphatic carbocycles. The Hall–Kier alpha value is -4.49. The van der Waals surface area contributed by atoms with Gasteiger partial charge in [0.15, 0.2) is 11.5 Å². The van der Waals surface area contributed by atoms with Gasteiger partial charge in [0.05, 0.1) is 26.4 Å². The Morgan fingerprint density at radius 1 is 0.735 bits per heavy atom. The summed E-state index contributed by atoms with van der Waals surface area (Å²) >= 11 is 6.05. The normalized spacial score (nSPS) is 11.5. The van der Waals surface area contributed by atoms with Gasteiger partial charge in [0.1, 0.15) is 23.7 Å². The molecule has 3 aromatic rings. The van der Waals surface area contributed by atoms with Crippen molar-refractivity contribution >= 4 is 23.5 Å². The first-order valence-electron chi connectivity index (χ1n) is 16.7. The molecule has 0 spiro atoms. The summed E-state index contributed by atoms with van der Waals surface area (Å²) in [4.78, 5) is 25.5. The van der Waals surface area contributed by atoms with Crippen molar-refractivity contribution in [3.05, 3.63) is 117 Å². The molecule has 262 valence electrons. The second-order valence-corrected chi connectivity index (χ2v) is 12.5. The number of ether oxygens (including phenoxy) is 5. The van der Waals surface area contributed by atoms with Crippen LogP contribution in [-0.4, -0.2) is 39.4 Å². The number of aryl methyl sites for hydroxylation is 1. The van der Waals surface area contributed by atoms with Gasteiger partial charge in [-0.05, 0) is 127 Å². The van der Waals surface area contributed by atoms with Crippen molar-refractivity contribution in [2.45, 2.75) is 72.6 Å². The van der Waals surface area contributed by atoms with E-state index in [9.17, 15) is 9.59 Å². The summed E-state index contributed by atoms with van der Waals surface area (Å²) in [7, 11) is 2.52. The van der Waals surface area contributed by atoms with Gasteiger partial charge < -0.3 is 23.7 Å². The lowest BCUT2D eigenvalue weighted by Crippen LogP contribution is -2.15. The highest BCUT2D eigenvalue weighted by Crippen LogP contribution is 2.35. The maximum Gasteiger partial charge on any atom is 0.342 e. The van der Waals surface area contributed by atoms with Crippen LogP contribution in [-0.2, 0) is 15.9 Å². The number of hydrogen-bond acceptors (Lipinski definition) is 7. The Morgan fingerprint density at radius 2 is 1.43 bits per heavy atom. The number of allylic oxidation sites excluding steroid dienone is 5. The van der Waals surface area contributed by atoms with E-state index < -0.39 is 11.9 Å². The van der Waals surface area contributed by atoms with Crippen molar-refractivity contribution in [1.82, 2.24) is 0 Å². The molecule has 7 nitrogen and oxygen atoms in total. The average molecular weight is 689 g/mol. The predicted molar refractivity (Wildman–Crippen MR) is 196 cm³/mol. The molecule has 0 N–H and O–H groups in total. The van der Waals surface area contributed by atoms with E-state index in [4.69, 9.17) is 35.3 Å². The summed E-state index contributed by atoms with van der Waals surface area (Å²) < 4.78 is 28.1. The highest BCUT2D eigenvalue weighted by molar-refractivity contribution is 6.30. The second-order valence-electron chi connectivity index (χ2n) is 12.1. The maximum absolute atomic E-state index is 12.9. The number of rotatable bonds is 19. The van der Waals surface area contributed by atoms with Gasteiger partial charge in [-0.25, -0.2) is 9.59 Å². The number of unbranched alkanes of at least 4 members (excludes halogenated alkanes) is 1. The molecular weight excluding hydrogens is 640 g/mol. The summed E-state index contributed by atoms with van der Waals surface area (Å²) in [6.07, 6.45) is 12.9. The van der Waals surface area contributed by atoms with Crippen molar-refractivity contribution in [3.8, 4) is 23.0 Å². The molecule has 3 aromatic carbocycles. The van der Waals surface area contributed by atoms with Crippen LogP contribution in [0.4, 0.5) is 0 Å². The first-order chi connectivity index (χ1) is 23.6. The van der Waals surface area contributed by atoms with Gasteiger partial charge in [-0.3, -0.25) is 0 Å². The Labute approximate surface area is 296 Å². The molecule has 0 heterocycles. The molecule has 8 heteroatoms. The van der Waals surface area contributed by atoms with Crippen molar-refractivity contribution in [3.63, 3.8) is 0 Å². The number of carbonyl (C=O) groups excluding carboxylic acids is 2. The number of hydrogen-bond donors (Lipinski definition) is 0. The molecule has 0 saturated heterocycles. The molecule has 0 bridgehead atoms. The van der Waals surface area contributed by atoms with Crippen LogP contribution in [0.3, 0.4) is 0 Å². The van der Waals surface area contributed by atoms with Gasteiger partial charge in [0.2, 0.25) is 0 Å². The van der Waals surface area contributed by atoms with E-state index in [2.05, 4.69) is 39.8 Å². The molecule has 49 heavy (non-hydrogen) atoms. The maximum atomic E-state index is 12.9. The quantitative estimate of drug-likeness (QED) is 0.0704.